The van der Waals surface area contributed by atoms with Gasteiger partial charge in [0.1, 0.15) is 5.75 Å². The first-order valence-electron chi connectivity index (χ1n) is 12.4. The fraction of sp³-hybridized carbons (Fsp3) is 0. The number of rotatable bonds is 1. The summed E-state index contributed by atoms with van der Waals surface area (Å²) in [6, 6.07) is 36.9. The molecular weight excluding hydrogens is 472 g/mol. The summed E-state index contributed by atoms with van der Waals surface area (Å²) in [6.07, 6.45) is 1.87. The van der Waals surface area contributed by atoms with E-state index in [1.54, 1.807) is 0 Å². The van der Waals surface area contributed by atoms with Gasteiger partial charge in [0.05, 0.1) is 26.8 Å². The number of thiophene rings is 1. The normalized spacial score (nSPS) is 12.5. The molecule has 0 N–H and O–H groups in total. The van der Waals surface area contributed by atoms with E-state index in [2.05, 4.69) is 101 Å². The van der Waals surface area contributed by atoms with Crippen LogP contribution in [-0.4, -0.2) is 9.55 Å². The molecule has 1 aliphatic rings. The largest absolute Gasteiger partial charge is 0.438 e. The molecule has 0 saturated heterocycles. The fourth-order valence-electron chi connectivity index (χ4n) is 6.14. The molecule has 0 saturated carbocycles. The van der Waals surface area contributed by atoms with Gasteiger partial charge in [0, 0.05) is 43.6 Å². The average molecular weight is 491 g/mol. The van der Waals surface area contributed by atoms with Crippen molar-refractivity contribution in [3.8, 4) is 28.4 Å². The zero-order valence-electron chi connectivity index (χ0n) is 19.6. The van der Waals surface area contributed by atoms with Crippen LogP contribution >= 0.6 is 11.3 Å². The van der Waals surface area contributed by atoms with Crippen molar-refractivity contribution in [3.05, 3.63) is 109 Å². The molecule has 9 rings (SSSR count). The number of fused-ring (bicyclic) bond motifs is 9. The summed E-state index contributed by atoms with van der Waals surface area (Å²) < 4.78 is 11.3. The highest BCUT2D eigenvalue weighted by molar-refractivity contribution is 7.26. The lowest BCUT2D eigenvalue weighted by Crippen LogP contribution is -2.00. The molecule has 0 spiro atoms. The maximum Gasteiger partial charge on any atom is 0.227 e. The Hall–Kier alpha value is -4.67. The monoisotopic (exact) mass is 490 g/mol. The van der Waals surface area contributed by atoms with E-state index in [-0.39, 0.29) is 0 Å². The van der Waals surface area contributed by atoms with Crippen LogP contribution in [0, 0.1) is 0 Å². The Morgan fingerprint density at radius 2 is 1.43 bits per heavy atom. The number of ether oxygens (including phenoxy) is 1. The van der Waals surface area contributed by atoms with Crippen LogP contribution in [0.4, 0.5) is 0 Å². The van der Waals surface area contributed by atoms with Crippen LogP contribution in [0.3, 0.4) is 0 Å². The van der Waals surface area contributed by atoms with Gasteiger partial charge < -0.3 is 9.30 Å². The highest BCUT2D eigenvalue weighted by Crippen LogP contribution is 2.50. The molecule has 5 aromatic carbocycles. The molecule has 0 unspecified atom stereocenters. The molecule has 37 heavy (non-hydrogen) atoms. The third-order valence-corrected chi connectivity index (χ3v) is 8.86. The minimum absolute atomic E-state index is 0.677. The van der Waals surface area contributed by atoms with Crippen molar-refractivity contribution < 1.29 is 4.74 Å². The second kappa shape index (κ2) is 6.96. The van der Waals surface area contributed by atoms with E-state index in [0.717, 1.165) is 16.7 Å². The second-order valence-corrected chi connectivity index (χ2v) is 10.6. The lowest BCUT2D eigenvalue weighted by molar-refractivity contribution is 0.468. The molecule has 1 aliphatic heterocycles. The lowest BCUT2D eigenvalue weighted by atomic mass is 9.94. The van der Waals surface area contributed by atoms with Crippen LogP contribution in [0.15, 0.2) is 109 Å². The summed E-state index contributed by atoms with van der Waals surface area (Å²) in [6.45, 7) is 0. The van der Waals surface area contributed by atoms with Crippen molar-refractivity contribution in [2.75, 3.05) is 0 Å². The van der Waals surface area contributed by atoms with Crippen LogP contribution in [0.5, 0.6) is 11.6 Å². The van der Waals surface area contributed by atoms with Crippen molar-refractivity contribution in [2.24, 2.45) is 0 Å². The van der Waals surface area contributed by atoms with Gasteiger partial charge in [-0.25, -0.2) is 4.98 Å². The number of para-hydroxylation sites is 2. The zero-order valence-corrected chi connectivity index (χ0v) is 20.4. The van der Waals surface area contributed by atoms with Crippen LogP contribution in [-0.2, 0) is 0 Å². The van der Waals surface area contributed by atoms with E-state index in [1.165, 1.54) is 58.6 Å². The van der Waals surface area contributed by atoms with E-state index >= 15 is 0 Å². The zero-order chi connectivity index (χ0) is 24.1. The van der Waals surface area contributed by atoms with Crippen molar-refractivity contribution >= 4 is 64.1 Å². The predicted octanol–water partition coefficient (Wildman–Crippen LogP) is 9.47. The minimum Gasteiger partial charge on any atom is -0.438 e. The summed E-state index contributed by atoms with van der Waals surface area (Å²) in [5, 5.41) is 7.34. The van der Waals surface area contributed by atoms with Crippen molar-refractivity contribution in [1.82, 2.24) is 9.55 Å². The molecule has 4 heteroatoms. The maximum atomic E-state index is 6.28. The summed E-state index contributed by atoms with van der Waals surface area (Å²) in [7, 11) is 0. The van der Waals surface area contributed by atoms with Crippen LogP contribution in [0.2, 0.25) is 0 Å². The standard InChI is InChI=1S/C33H18N2OS/c1-4-12-25-22(10-1)30-23-16-17-34-33-31(23)24(19-8-2-5-14-28(19)36-33)18-27(30)35(25)26-13-7-11-21-20-9-3-6-15-29(20)37-32(21)26/h1-18H. The quantitative estimate of drug-likeness (QED) is 0.229. The maximum absolute atomic E-state index is 6.28. The summed E-state index contributed by atoms with van der Waals surface area (Å²) in [5.74, 6) is 1.53. The Labute approximate surface area is 215 Å². The Bertz CT molecular complexity index is 2240. The molecular formula is C33H18N2OS. The first-order chi connectivity index (χ1) is 18.4. The molecule has 0 bridgehead atoms. The highest BCUT2D eigenvalue weighted by Gasteiger charge is 2.25. The predicted molar refractivity (Wildman–Crippen MR) is 154 cm³/mol. The van der Waals surface area contributed by atoms with E-state index in [0.29, 0.717) is 5.88 Å². The Morgan fingerprint density at radius 3 is 2.41 bits per heavy atom. The van der Waals surface area contributed by atoms with Crippen LogP contribution < -0.4 is 4.74 Å². The average Bonchev–Trinajstić information content (AvgIpc) is 3.49. The van der Waals surface area contributed by atoms with Gasteiger partial charge in [-0.15, -0.1) is 11.3 Å². The van der Waals surface area contributed by atoms with Gasteiger partial charge in [-0.1, -0.05) is 66.7 Å². The van der Waals surface area contributed by atoms with Gasteiger partial charge >= 0.3 is 0 Å². The van der Waals surface area contributed by atoms with Gasteiger partial charge in [0.2, 0.25) is 5.88 Å². The molecule has 0 aliphatic carbocycles. The number of nitrogens with zero attached hydrogens (tertiary/aromatic N) is 2. The molecule has 8 aromatic rings. The Kier molecular flexibility index (Phi) is 3.67. The van der Waals surface area contributed by atoms with Crippen molar-refractivity contribution in [1.29, 1.82) is 0 Å². The number of aromatic nitrogens is 2. The topological polar surface area (TPSA) is 27.1 Å². The third-order valence-electron chi connectivity index (χ3n) is 7.66. The van der Waals surface area contributed by atoms with Crippen LogP contribution in [0.1, 0.15) is 0 Å². The first-order valence-corrected chi connectivity index (χ1v) is 13.2. The minimum atomic E-state index is 0.677. The number of hydrogen-bond acceptors (Lipinski definition) is 3. The summed E-state index contributed by atoms with van der Waals surface area (Å²) in [5.41, 5.74) is 5.88. The smallest absolute Gasteiger partial charge is 0.227 e. The van der Waals surface area contributed by atoms with Gasteiger partial charge in [-0.3, -0.25) is 0 Å². The molecule has 4 heterocycles. The number of pyridine rings is 1. The SMILES string of the molecule is c1ccc2c(c1)Oc1nccc3c1c-2cc1c3c2ccccc2n1-c1cccc2c1sc1ccccc12. The van der Waals surface area contributed by atoms with Gasteiger partial charge in [0.25, 0.3) is 0 Å². The fourth-order valence-corrected chi connectivity index (χ4v) is 7.35. The molecule has 172 valence electrons. The molecule has 3 aromatic heterocycles. The van der Waals surface area contributed by atoms with Gasteiger partial charge in [-0.05, 0) is 41.8 Å². The number of hydrogen-bond donors (Lipinski definition) is 0. The molecule has 0 radical (unpaired) electrons. The highest BCUT2D eigenvalue weighted by atomic mass is 32.1. The Balaban J connectivity index is 1.52. The lowest BCUT2D eigenvalue weighted by Gasteiger charge is -2.21. The van der Waals surface area contributed by atoms with E-state index in [9.17, 15) is 0 Å². The van der Waals surface area contributed by atoms with Gasteiger partial charge in [0.15, 0.2) is 0 Å². The van der Waals surface area contributed by atoms with E-state index in [1.807, 2.05) is 29.7 Å². The van der Waals surface area contributed by atoms with Crippen molar-refractivity contribution in [3.63, 3.8) is 0 Å². The molecule has 0 amide bonds. The van der Waals surface area contributed by atoms with Crippen molar-refractivity contribution in [2.45, 2.75) is 0 Å². The first kappa shape index (κ1) is 19.5. The molecule has 0 fully saturated rings. The summed E-state index contributed by atoms with van der Waals surface area (Å²) >= 11 is 1.87. The molecule has 0 atom stereocenters. The van der Waals surface area contributed by atoms with E-state index in [4.69, 9.17) is 4.74 Å². The molecule has 3 nitrogen and oxygen atoms in total. The van der Waals surface area contributed by atoms with Crippen LogP contribution in [0.25, 0.3) is 69.6 Å². The number of benzene rings is 5. The van der Waals surface area contributed by atoms with E-state index < -0.39 is 0 Å². The second-order valence-electron chi connectivity index (χ2n) is 9.56. The third kappa shape index (κ3) is 2.48. The van der Waals surface area contributed by atoms with Gasteiger partial charge in [-0.2, -0.15) is 0 Å². The summed E-state index contributed by atoms with van der Waals surface area (Å²) in [4.78, 5) is 4.63. The Morgan fingerprint density at radius 1 is 0.622 bits per heavy atom.